The Morgan fingerprint density at radius 3 is 2.26 bits per heavy atom. The van der Waals surface area contributed by atoms with Crippen LogP contribution in [0.1, 0.15) is 34.9 Å². The second-order valence-corrected chi connectivity index (χ2v) is 6.70. The lowest BCUT2D eigenvalue weighted by atomic mass is 10.0. The number of hydrogen-bond donors (Lipinski definition) is 0. The summed E-state index contributed by atoms with van der Waals surface area (Å²) < 4.78 is 0.929. The van der Waals surface area contributed by atoms with E-state index in [4.69, 9.17) is 11.6 Å². The summed E-state index contributed by atoms with van der Waals surface area (Å²) in [6, 6.07) is 14.8. The van der Waals surface area contributed by atoms with Crippen LogP contribution in [0.2, 0.25) is 5.02 Å². The normalized spacial score (nSPS) is 12.4. The third-order valence-corrected chi connectivity index (χ3v) is 5.32. The minimum Gasteiger partial charge on any atom is -0.0831 e. The maximum atomic E-state index is 6.02. The Bertz CT molecular complexity index is 549. The fraction of sp³-hybridized carbons (Fsp3) is 0.250. The largest absolute Gasteiger partial charge is 0.0831 e. The van der Waals surface area contributed by atoms with Crippen LogP contribution in [0.4, 0.5) is 0 Å². The lowest BCUT2D eigenvalue weighted by Gasteiger charge is -2.12. The molecule has 0 aliphatic heterocycles. The Hall–Kier alpha value is -0.310. The van der Waals surface area contributed by atoms with Gasteiger partial charge in [0.15, 0.2) is 0 Å². The highest BCUT2D eigenvalue weighted by Crippen LogP contribution is 2.34. The lowest BCUT2D eigenvalue weighted by Crippen LogP contribution is -1.93. The van der Waals surface area contributed by atoms with Gasteiger partial charge in [-0.1, -0.05) is 71.2 Å². The molecule has 0 fully saturated rings. The Kier molecular flexibility index (Phi) is 5.49. The lowest BCUT2D eigenvalue weighted by molar-refractivity contribution is 0.920. The third kappa shape index (κ3) is 3.84. The van der Waals surface area contributed by atoms with Crippen molar-refractivity contribution < 1.29 is 0 Å². The molecule has 0 saturated carbocycles. The molecule has 0 radical (unpaired) electrons. The van der Waals surface area contributed by atoms with Crippen molar-refractivity contribution in [3.8, 4) is 0 Å². The van der Waals surface area contributed by atoms with E-state index in [1.165, 1.54) is 23.1 Å². The molecule has 0 aliphatic rings. The van der Waals surface area contributed by atoms with Gasteiger partial charge < -0.3 is 0 Å². The van der Waals surface area contributed by atoms with Crippen molar-refractivity contribution in [2.24, 2.45) is 0 Å². The molecule has 0 N–H and O–H groups in total. The fourth-order valence-electron chi connectivity index (χ4n) is 2.00. The van der Waals surface area contributed by atoms with Crippen molar-refractivity contribution in [3.63, 3.8) is 0 Å². The van der Waals surface area contributed by atoms with Gasteiger partial charge in [-0.05, 0) is 51.2 Å². The first-order chi connectivity index (χ1) is 9.11. The molecule has 0 aromatic heterocycles. The summed E-state index contributed by atoms with van der Waals surface area (Å²) in [6.07, 6.45) is 2.32. The van der Waals surface area contributed by atoms with Gasteiger partial charge in [-0.2, -0.15) is 0 Å². The van der Waals surface area contributed by atoms with E-state index in [-0.39, 0.29) is 4.83 Å². The van der Waals surface area contributed by atoms with Crippen LogP contribution in [-0.2, 0) is 6.42 Å². The molecule has 2 rings (SSSR count). The minimum absolute atomic E-state index is 0.191. The summed E-state index contributed by atoms with van der Waals surface area (Å²) >= 11 is 13.2. The van der Waals surface area contributed by atoms with Gasteiger partial charge in [0.1, 0.15) is 0 Å². The van der Waals surface area contributed by atoms with Crippen molar-refractivity contribution in [2.45, 2.75) is 24.6 Å². The zero-order valence-corrected chi connectivity index (χ0v) is 14.6. The van der Waals surface area contributed by atoms with Gasteiger partial charge >= 0.3 is 0 Å². The van der Waals surface area contributed by atoms with Crippen LogP contribution < -0.4 is 0 Å². The van der Waals surface area contributed by atoms with Crippen molar-refractivity contribution >= 4 is 43.5 Å². The fourth-order valence-corrected chi connectivity index (χ4v) is 3.11. The highest BCUT2D eigenvalue weighted by Gasteiger charge is 2.11. The van der Waals surface area contributed by atoms with E-state index in [2.05, 4.69) is 69.1 Å². The van der Waals surface area contributed by atoms with Crippen LogP contribution in [-0.4, -0.2) is 0 Å². The minimum atomic E-state index is 0.191. The predicted octanol–water partition coefficient (Wildman–Crippen LogP) is 6.54. The van der Waals surface area contributed by atoms with Gasteiger partial charge in [-0.25, -0.2) is 0 Å². The van der Waals surface area contributed by atoms with Gasteiger partial charge in [-0.15, -0.1) is 0 Å². The van der Waals surface area contributed by atoms with E-state index in [9.17, 15) is 0 Å². The average Bonchev–Trinajstić information content (AvgIpc) is 2.42. The zero-order valence-electron chi connectivity index (χ0n) is 10.7. The Labute approximate surface area is 136 Å². The summed E-state index contributed by atoms with van der Waals surface area (Å²) in [4.78, 5) is 0.191. The Morgan fingerprint density at radius 1 is 1.05 bits per heavy atom. The van der Waals surface area contributed by atoms with E-state index in [0.717, 1.165) is 15.9 Å². The molecule has 3 heteroatoms. The van der Waals surface area contributed by atoms with E-state index in [1.807, 2.05) is 12.1 Å². The van der Waals surface area contributed by atoms with Crippen LogP contribution in [0.25, 0.3) is 0 Å². The molecule has 2 aromatic rings. The predicted molar refractivity (Wildman–Crippen MR) is 90.4 cm³/mol. The smallest absolute Gasteiger partial charge is 0.0645 e. The van der Waals surface area contributed by atoms with Crippen LogP contribution in [0.3, 0.4) is 0 Å². The van der Waals surface area contributed by atoms with Crippen LogP contribution >= 0.6 is 43.5 Å². The SMILES string of the molecule is CCCc1ccc(C(Br)c2ccc(Cl)c(Br)c2)cc1. The Balaban J connectivity index is 2.22. The second-order valence-electron chi connectivity index (χ2n) is 4.53. The molecule has 19 heavy (non-hydrogen) atoms. The van der Waals surface area contributed by atoms with E-state index in [1.54, 1.807) is 0 Å². The number of hydrogen-bond acceptors (Lipinski definition) is 0. The van der Waals surface area contributed by atoms with Crippen molar-refractivity contribution in [2.75, 3.05) is 0 Å². The molecule has 1 unspecified atom stereocenters. The first kappa shape index (κ1) is 15.1. The number of rotatable bonds is 4. The molecule has 0 aliphatic carbocycles. The molecular formula is C16H15Br2Cl. The van der Waals surface area contributed by atoms with E-state index < -0.39 is 0 Å². The Morgan fingerprint density at radius 2 is 1.68 bits per heavy atom. The van der Waals surface area contributed by atoms with E-state index in [0.29, 0.717) is 0 Å². The van der Waals surface area contributed by atoms with Gasteiger partial charge in [0, 0.05) is 4.47 Å². The van der Waals surface area contributed by atoms with Crippen LogP contribution in [0.15, 0.2) is 46.9 Å². The molecule has 100 valence electrons. The summed E-state index contributed by atoms with van der Waals surface area (Å²) in [5.41, 5.74) is 3.84. The third-order valence-electron chi connectivity index (χ3n) is 3.05. The number of benzene rings is 2. The number of halogens is 3. The molecule has 0 saturated heterocycles. The van der Waals surface area contributed by atoms with Crippen LogP contribution in [0.5, 0.6) is 0 Å². The molecule has 2 aromatic carbocycles. The van der Waals surface area contributed by atoms with Gasteiger partial charge in [0.2, 0.25) is 0 Å². The van der Waals surface area contributed by atoms with Gasteiger partial charge in [-0.3, -0.25) is 0 Å². The quantitative estimate of drug-likeness (QED) is 0.509. The first-order valence-electron chi connectivity index (χ1n) is 6.29. The number of aryl methyl sites for hydroxylation is 1. The molecule has 0 spiro atoms. The monoisotopic (exact) mass is 400 g/mol. The maximum absolute atomic E-state index is 6.02. The zero-order chi connectivity index (χ0) is 13.8. The van der Waals surface area contributed by atoms with Crippen molar-refractivity contribution in [1.29, 1.82) is 0 Å². The molecule has 1 atom stereocenters. The highest BCUT2D eigenvalue weighted by molar-refractivity contribution is 9.10. The average molecular weight is 403 g/mol. The topological polar surface area (TPSA) is 0 Å². The number of alkyl halides is 1. The molecule has 0 amide bonds. The van der Waals surface area contributed by atoms with Crippen molar-refractivity contribution in [3.05, 3.63) is 68.7 Å². The molecule has 0 bridgehead atoms. The van der Waals surface area contributed by atoms with Crippen molar-refractivity contribution in [1.82, 2.24) is 0 Å². The second kappa shape index (κ2) is 6.92. The van der Waals surface area contributed by atoms with Gasteiger partial charge in [0.25, 0.3) is 0 Å². The summed E-state index contributed by atoms with van der Waals surface area (Å²) in [5.74, 6) is 0. The molecule has 0 nitrogen and oxygen atoms in total. The molecule has 0 heterocycles. The standard InChI is InChI=1S/C16H15Br2Cl/c1-2-3-11-4-6-12(7-5-11)16(18)13-8-9-15(19)14(17)10-13/h4-10,16H,2-3H2,1H3. The first-order valence-corrected chi connectivity index (χ1v) is 8.38. The van der Waals surface area contributed by atoms with Crippen LogP contribution in [0, 0.1) is 0 Å². The molecular weight excluding hydrogens is 387 g/mol. The van der Waals surface area contributed by atoms with Gasteiger partial charge in [0.05, 0.1) is 9.85 Å². The summed E-state index contributed by atoms with van der Waals surface area (Å²) in [5, 5.41) is 0.738. The van der Waals surface area contributed by atoms with E-state index >= 15 is 0 Å². The summed E-state index contributed by atoms with van der Waals surface area (Å²) in [6.45, 7) is 2.20. The summed E-state index contributed by atoms with van der Waals surface area (Å²) in [7, 11) is 0. The maximum Gasteiger partial charge on any atom is 0.0645 e. The highest BCUT2D eigenvalue weighted by atomic mass is 79.9.